The van der Waals surface area contributed by atoms with E-state index in [1.54, 1.807) is 0 Å². The molecule has 1 atom stereocenters. The Kier molecular flexibility index (Phi) is 2.37. The highest BCUT2D eigenvalue weighted by Gasteiger charge is 2.45. The van der Waals surface area contributed by atoms with Crippen LogP contribution in [0.3, 0.4) is 0 Å². The van der Waals surface area contributed by atoms with Gasteiger partial charge in [0, 0.05) is 6.61 Å². The van der Waals surface area contributed by atoms with Gasteiger partial charge in [0.1, 0.15) is 0 Å². The Morgan fingerprint density at radius 2 is 2.00 bits per heavy atom. The summed E-state index contributed by atoms with van der Waals surface area (Å²) in [6, 6.07) is 0. The summed E-state index contributed by atoms with van der Waals surface area (Å²) < 4.78 is 0. The monoisotopic (exact) mass is 169 g/mol. The largest absolute Gasteiger partial charge is 0.396 e. The van der Waals surface area contributed by atoms with Crippen LogP contribution in [0.25, 0.3) is 0 Å². The highest BCUT2D eigenvalue weighted by Crippen LogP contribution is 2.53. The highest BCUT2D eigenvalue weighted by atomic mass is 16.3. The molecule has 2 rings (SSSR count). The van der Waals surface area contributed by atoms with Crippen LogP contribution in [0.5, 0.6) is 0 Å². The number of hydrogen-bond donors (Lipinski definition) is 2. The van der Waals surface area contributed by atoms with Crippen LogP contribution in [0.4, 0.5) is 0 Å². The zero-order valence-electron chi connectivity index (χ0n) is 7.68. The topological polar surface area (TPSA) is 32.3 Å². The zero-order chi connectivity index (χ0) is 8.44. The molecule has 2 heteroatoms. The molecule has 12 heavy (non-hydrogen) atoms. The number of hydrogen-bond acceptors (Lipinski definition) is 2. The molecule has 0 amide bonds. The lowest BCUT2D eigenvalue weighted by Crippen LogP contribution is -2.48. The smallest absolute Gasteiger partial charge is 0.0433 e. The molecule has 1 heterocycles. The zero-order valence-corrected chi connectivity index (χ0v) is 7.68. The maximum Gasteiger partial charge on any atom is 0.0433 e. The summed E-state index contributed by atoms with van der Waals surface area (Å²) in [5, 5.41) is 12.3. The summed E-state index contributed by atoms with van der Waals surface area (Å²) in [4.78, 5) is 0. The molecule has 1 aliphatic carbocycles. The minimum absolute atomic E-state index is 0.389. The van der Waals surface area contributed by atoms with E-state index in [0.717, 1.165) is 12.3 Å². The predicted molar refractivity (Wildman–Crippen MR) is 49.0 cm³/mol. The van der Waals surface area contributed by atoms with Crippen molar-refractivity contribution in [3.05, 3.63) is 0 Å². The Bertz CT molecular complexity index is 152. The molecule has 70 valence electrons. The third kappa shape index (κ3) is 1.27. The fourth-order valence-corrected chi connectivity index (χ4v) is 2.95. The molecule has 0 radical (unpaired) electrons. The Morgan fingerprint density at radius 1 is 1.25 bits per heavy atom. The third-order valence-electron chi connectivity index (χ3n) is 3.93. The van der Waals surface area contributed by atoms with Gasteiger partial charge in [-0.05, 0) is 56.5 Å². The van der Waals surface area contributed by atoms with Crippen molar-refractivity contribution in [1.82, 2.24) is 5.32 Å². The molecule has 0 aromatic carbocycles. The molecule has 0 aromatic heterocycles. The molecule has 1 saturated carbocycles. The van der Waals surface area contributed by atoms with Crippen LogP contribution in [0.2, 0.25) is 0 Å². The molecular weight excluding hydrogens is 150 g/mol. The molecule has 0 unspecified atom stereocenters. The standard InChI is InChI=1S/C10H19NO/c12-8-2-9-1-3-10(9)4-6-11-7-5-10/h9,11-12H,1-8H2/t9-/m0/s1. The highest BCUT2D eigenvalue weighted by molar-refractivity contribution is 4.97. The van der Waals surface area contributed by atoms with E-state index in [4.69, 9.17) is 5.11 Å². The first-order valence-electron chi connectivity index (χ1n) is 5.19. The molecular formula is C10H19NO. The van der Waals surface area contributed by atoms with Crippen molar-refractivity contribution in [3.63, 3.8) is 0 Å². The fourth-order valence-electron chi connectivity index (χ4n) is 2.95. The maximum absolute atomic E-state index is 8.90. The van der Waals surface area contributed by atoms with Crippen LogP contribution < -0.4 is 5.32 Å². The number of rotatable bonds is 2. The second-order valence-corrected chi connectivity index (χ2v) is 4.36. The van der Waals surface area contributed by atoms with Crippen LogP contribution in [0, 0.1) is 11.3 Å². The lowest BCUT2D eigenvalue weighted by molar-refractivity contribution is -0.0163. The molecule has 0 bridgehead atoms. The van der Waals surface area contributed by atoms with Crippen molar-refractivity contribution in [2.75, 3.05) is 19.7 Å². The average Bonchev–Trinajstić information content (AvgIpc) is 2.14. The van der Waals surface area contributed by atoms with Gasteiger partial charge in [-0.25, -0.2) is 0 Å². The van der Waals surface area contributed by atoms with Gasteiger partial charge in [0.2, 0.25) is 0 Å². The summed E-state index contributed by atoms with van der Waals surface area (Å²) in [5.74, 6) is 0.838. The average molecular weight is 169 g/mol. The van der Waals surface area contributed by atoms with Crippen molar-refractivity contribution < 1.29 is 5.11 Å². The molecule has 2 N–H and O–H groups in total. The summed E-state index contributed by atoms with van der Waals surface area (Å²) in [6.07, 6.45) is 6.51. The van der Waals surface area contributed by atoms with Crippen LogP contribution in [0.1, 0.15) is 32.1 Å². The molecule has 2 fully saturated rings. The Labute approximate surface area is 74.4 Å². The molecule has 0 aromatic rings. The van der Waals surface area contributed by atoms with Gasteiger partial charge in [0.05, 0.1) is 0 Å². The fraction of sp³-hybridized carbons (Fsp3) is 1.00. The molecule has 1 saturated heterocycles. The van der Waals surface area contributed by atoms with E-state index in [0.29, 0.717) is 12.0 Å². The minimum Gasteiger partial charge on any atom is -0.396 e. The number of aliphatic hydroxyl groups excluding tert-OH is 1. The van der Waals surface area contributed by atoms with Crippen LogP contribution in [0.15, 0.2) is 0 Å². The second kappa shape index (κ2) is 3.35. The van der Waals surface area contributed by atoms with Crippen LogP contribution in [-0.2, 0) is 0 Å². The first-order valence-corrected chi connectivity index (χ1v) is 5.19. The first kappa shape index (κ1) is 8.52. The molecule has 1 aliphatic heterocycles. The SMILES string of the molecule is OCC[C@@H]1CCC12CCNCC2. The van der Waals surface area contributed by atoms with Crippen molar-refractivity contribution in [2.45, 2.75) is 32.1 Å². The lowest BCUT2D eigenvalue weighted by Gasteiger charge is -2.52. The molecule has 2 nitrogen and oxygen atoms in total. The van der Waals surface area contributed by atoms with Crippen LogP contribution in [-0.4, -0.2) is 24.8 Å². The Morgan fingerprint density at radius 3 is 2.50 bits per heavy atom. The van der Waals surface area contributed by atoms with Crippen molar-refractivity contribution >= 4 is 0 Å². The van der Waals surface area contributed by atoms with E-state index in [1.807, 2.05) is 0 Å². The normalized spacial score (nSPS) is 33.2. The van der Waals surface area contributed by atoms with E-state index in [9.17, 15) is 0 Å². The summed E-state index contributed by atoms with van der Waals surface area (Å²) in [6.45, 7) is 2.78. The molecule has 2 aliphatic rings. The van der Waals surface area contributed by atoms with Gasteiger partial charge in [-0.1, -0.05) is 0 Å². The van der Waals surface area contributed by atoms with Gasteiger partial charge >= 0.3 is 0 Å². The van der Waals surface area contributed by atoms with Crippen LogP contribution >= 0.6 is 0 Å². The van der Waals surface area contributed by atoms with Gasteiger partial charge in [-0.3, -0.25) is 0 Å². The third-order valence-corrected chi connectivity index (χ3v) is 3.93. The first-order chi connectivity index (χ1) is 5.87. The Hall–Kier alpha value is -0.0800. The van der Waals surface area contributed by atoms with E-state index in [-0.39, 0.29) is 0 Å². The maximum atomic E-state index is 8.90. The van der Waals surface area contributed by atoms with Gasteiger partial charge in [-0.2, -0.15) is 0 Å². The van der Waals surface area contributed by atoms with Crippen molar-refractivity contribution in [3.8, 4) is 0 Å². The van der Waals surface area contributed by atoms with Gasteiger partial charge in [-0.15, -0.1) is 0 Å². The van der Waals surface area contributed by atoms with E-state index in [2.05, 4.69) is 5.32 Å². The van der Waals surface area contributed by atoms with E-state index < -0.39 is 0 Å². The van der Waals surface area contributed by atoms with Gasteiger partial charge in [0.15, 0.2) is 0 Å². The van der Waals surface area contributed by atoms with Gasteiger partial charge in [0.25, 0.3) is 0 Å². The number of piperidine rings is 1. The summed E-state index contributed by atoms with van der Waals surface area (Å²) in [5.41, 5.74) is 0.647. The van der Waals surface area contributed by atoms with Crippen molar-refractivity contribution in [1.29, 1.82) is 0 Å². The second-order valence-electron chi connectivity index (χ2n) is 4.36. The summed E-state index contributed by atoms with van der Waals surface area (Å²) >= 11 is 0. The lowest BCUT2D eigenvalue weighted by atomic mass is 9.55. The van der Waals surface area contributed by atoms with Gasteiger partial charge < -0.3 is 10.4 Å². The Balaban J connectivity index is 1.91. The quantitative estimate of drug-likeness (QED) is 0.650. The van der Waals surface area contributed by atoms with E-state index in [1.165, 1.54) is 38.8 Å². The predicted octanol–water partition coefficient (Wildman–Crippen LogP) is 1.15. The minimum atomic E-state index is 0.389. The summed E-state index contributed by atoms with van der Waals surface area (Å²) in [7, 11) is 0. The number of aliphatic hydroxyl groups is 1. The molecule has 1 spiro atoms. The van der Waals surface area contributed by atoms with E-state index >= 15 is 0 Å². The van der Waals surface area contributed by atoms with Crippen molar-refractivity contribution in [2.24, 2.45) is 11.3 Å². The number of nitrogens with one attached hydrogen (secondary N) is 1.